The predicted octanol–water partition coefficient (Wildman–Crippen LogP) is 3.84. The summed E-state index contributed by atoms with van der Waals surface area (Å²) < 4.78 is 44.8. The highest BCUT2D eigenvalue weighted by Crippen LogP contribution is 2.35. The summed E-state index contributed by atoms with van der Waals surface area (Å²) >= 11 is 0. The lowest BCUT2D eigenvalue weighted by Gasteiger charge is -2.18. The quantitative estimate of drug-likeness (QED) is 0.301. The number of nitrogens with one attached hydrogen (secondary N) is 1. The zero-order chi connectivity index (χ0) is 29.1. The first-order valence-electron chi connectivity index (χ1n) is 12.3. The summed E-state index contributed by atoms with van der Waals surface area (Å²) in [7, 11) is 4.31. The van der Waals surface area contributed by atoms with Crippen molar-refractivity contribution in [1.82, 2.24) is 24.8 Å². The molecular formula is C28H24F2N6O5. The van der Waals surface area contributed by atoms with E-state index in [1.807, 2.05) is 0 Å². The molecule has 0 saturated heterocycles. The molecule has 0 spiro atoms. The Balaban J connectivity index is 1.52. The lowest BCUT2D eigenvalue weighted by molar-refractivity contribution is -0.139. The molecule has 0 atom stereocenters. The van der Waals surface area contributed by atoms with Crippen LogP contribution in [0.4, 0.5) is 20.3 Å². The number of anilines is 2. The molecule has 13 heteroatoms. The van der Waals surface area contributed by atoms with Crippen LogP contribution in [0.3, 0.4) is 0 Å². The number of hydrogen-bond donors (Lipinski definition) is 1. The summed E-state index contributed by atoms with van der Waals surface area (Å²) in [4.78, 5) is 43.7. The molecule has 1 N–H and O–H groups in total. The van der Waals surface area contributed by atoms with Gasteiger partial charge in [0.1, 0.15) is 46.8 Å². The molecule has 0 saturated carbocycles. The van der Waals surface area contributed by atoms with Gasteiger partial charge in [-0.1, -0.05) is 6.07 Å². The largest absolute Gasteiger partial charge is 0.497 e. The van der Waals surface area contributed by atoms with Gasteiger partial charge in [-0.3, -0.25) is 9.59 Å². The molecule has 0 bridgehead atoms. The van der Waals surface area contributed by atoms with Gasteiger partial charge in [0.05, 0.1) is 63.8 Å². The smallest absolute Gasteiger partial charge is 0.313 e. The highest BCUT2D eigenvalue weighted by atomic mass is 19.1. The van der Waals surface area contributed by atoms with Crippen molar-refractivity contribution in [1.29, 1.82) is 0 Å². The van der Waals surface area contributed by atoms with Crippen molar-refractivity contribution < 1.29 is 32.6 Å². The Bertz CT molecular complexity index is 1610. The fraction of sp³-hybridized carbons (Fsp3) is 0.214. The molecule has 2 aromatic carbocycles. The molecule has 0 unspecified atom stereocenters. The highest BCUT2D eigenvalue weighted by molar-refractivity contribution is 6.03. The zero-order valence-corrected chi connectivity index (χ0v) is 22.3. The van der Waals surface area contributed by atoms with Crippen molar-refractivity contribution in [3.63, 3.8) is 0 Å². The zero-order valence-electron chi connectivity index (χ0n) is 22.3. The average Bonchev–Trinajstić information content (AvgIpc) is 3.28. The molecule has 2 aromatic heterocycles. The van der Waals surface area contributed by atoms with E-state index in [1.165, 1.54) is 44.7 Å². The number of esters is 1. The van der Waals surface area contributed by atoms with Gasteiger partial charge >= 0.3 is 5.97 Å². The Morgan fingerprint density at radius 2 is 1.73 bits per heavy atom. The number of methoxy groups -OCH3 is 3. The molecule has 0 radical (unpaired) electrons. The molecule has 210 valence electrons. The van der Waals surface area contributed by atoms with Crippen molar-refractivity contribution >= 4 is 23.4 Å². The fourth-order valence-electron chi connectivity index (χ4n) is 4.34. The normalized spacial score (nSPS) is 12.2. The number of ether oxygens (including phenoxy) is 3. The van der Waals surface area contributed by atoms with Crippen LogP contribution < -0.4 is 14.8 Å². The second kappa shape index (κ2) is 11.5. The van der Waals surface area contributed by atoms with Gasteiger partial charge in [-0.05, 0) is 24.3 Å². The van der Waals surface area contributed by atoms with Crippen molar-refractivity contribution in [2.24, 2.45) is 0 Å². The second-order valence-corrected chi connectivity index (χ2v) is 8.92. The van der Waals surface area contributed by atoms with Crippen molar-refractivity contribution in [3.05, 3.63) is 83.1 Å². The Hall–Kier alpha value is -5.20. The molecule has 1 aliphatic rings. The van der Waals surface area contributed by atoms with Crippen LogP contribution >= 0.6 is 0 Å². The number of benzene rings is 2. The number of rotatable bonds is 9. The van der Waals surface area contributed by atoms with Gasteiger partial charge in [-0.2, -0.15) is 0 Å². The lowest BCUT2D eigenvalue weighted by Crippen LogP contribution is -2.24. The lowest BCUT2D eigenvalue weighted by atomic mass is 10.1. The molecule has 1 aliphatic heterocycles. The number of aromatic nitrogens is 4. The van der Waals surface area contributed by atoms with Gasteiger partial charge in [0.25, 0.3) is 5.91 Å². The van der Waals surface area contributed by atoms with Gasteiger partial charge in [0.15, 0.2) is 5.82 Å². The molecular weight excluding hydrogens is 538 g/mol. The maximum Gasteiger partial charge on any atom is 0.313 e. The summed E-state index contributed by atoms with van der Waals surface area (Å²) in [6, 6.07) is 8.68. The Labute approximate surface area is 233 Å². The van der Waals surface area contributed by atoms with Gasteiger partial charge in [-0.25, -0.2) is 28.7 Å². The third kappa shape index (κ3) is 5.60. The number of hydrogen-bond acceptors (Lipinski definition) is 10. The second-order valence-electron chi connectivity index (χ2n) is 8.92. The van der Waals surface area contributed by atoms with E-state index in [-0.39, 0.29) is 48.2 Å². The average molecular weight is 563 g/mol. The van der Waals surface area contributed by atoms with Gasteiger partial charge in [0.2, 0.25) is 0 Å². The van der Waals surface area contributed by atoms with E-state index >= 15 is 0 Å². The monoisotopic (exact) mass is 562 g/mol. The third-order valence-corrected chi connectivity index (χ3v) is 6.37. The number of amides is 1. The molecule has 0 fully saturated rings. The maximum atomic E-state index is 14.7. The molecule has 5 rings (SSSR count). The van der Waals surface area contributed by atoms with E-state index in [4.69, 9.17) is 9.47 Å². The Kier molecular flexibility index (Phi) is 7.68. The first kappa shape index (κ1) is 27.4. The van der Waals surface area contributed by atoms with Crippen LogP contribution in [-0.4, -0.2) is 58.0 Å². The summed E-state index contributed by atoms with van der Waals surface area (Å²) in [6.07, 6.45) is 2.66. The molecule has 11 nitrogen and oxygen atoms in total. The van der Waals surface area contributed by atoms with Crippen LogP contribution in [0.2, 0.25) is 0 Å². The first-order chi connectivity index (χ1) is 19.8. The number of carbonyl (C=O) groups is 2. The maximum absolute atomic E-state index is 14.7. The van der Waals surface area contributed by atoms with E-state index in [0.717, 1.165) is 12.1 Å². The van der Waals surface area contributed by atoms with Crippen LogP contribution in [0.5, 0.6) is 11.5 Å². The number of nitrogens with zero attached hydrogens (tertiary/aromatic N) is 5. The van der Waals surface area contributed by atoms with Crippen molar-refractivity contribution in [2.45, 2.75) is 19.5 Å². The number of carbonyl (C=O) groups excluding carboxylic acids is 2. The standard InChI is InChI=1S/C28H24F2N6O5/c1-39-17-8-7-15(21(9-17)40-2)13-36-14-20-25(28(36)38)27(33-16-11-31-22(32-12-16)10-23(37)41-3)35-26(34-20)24-18(29)5-4-6-19(24)30/h4-9,11-12H,10,13-14H2,1-3H3,(H,33,34,35). The topological polar surface area (TPSA) is 129 Å². The number of halogens is 2. The van der Waals surface area contributed by atoms with Crippen LogP contribution in [0.15, 0.2) is 48.8 Å². The Morgan fingerprint density at radius 1 is 1.00 bits per heavy atom. The minimum atomic E-state index is -0.851. The molecule has 4 aromatic rings. The van der Waals surface area contributed by atoms with E-state index in [0.29, 0.717) is 22.7 Å². The van der Waals surface area contributed by atoms with E-state index in [2.05, 4.69) is 30.0 Å². The van der Waals surface area contributed by atoms with Crippen molar-refractivity contribution in [3.8, 4) is 22.9 Å². The molecule has 0 aliphatic carbocycles. The Morgan fingerprint density at radius 3 is 2.39 bits per heavy atom. The van der Waals surface area contributed by atoms with E-state index in [9.17, 15) is 18.4 Å². The SMILES string of the molecule is COC(=O)Cc1ncc(Nc2nc(-c3c(F)cccc3F)nc3c2C(=O)N(Cc2ccc(OC)cc2OC)C3)cn1. The molecule has 3 heterocycles. The third-order valence-electron chi connectivity index (χ3n) is 6.37. The van der Waals surface area contributed by atoms with E-state index in [1.54, 1.807) is 18.2 Å². The van der Waals surface area contributed by atoms with Crippen LogP contribution in [-0.2, 0) is 29.0 Å². The summed E-state index contributed by atoms with van der Waals surface area (Å²) in [5.74, 6) is -1.48. The predicted molar refractivity (Wildman–Crippen MR) is 142 cm³/mol. The van der Waals surface area contributed by atoms with Crippen LogP contribution in [0.1, 0.15) is 27.4 Å². The summed E-state index contributed by atoms with van der Waals surface area (Å²) in [5, 5.41) is 2.97. The molecule has 41 heavy (non-hydrogen) atoms. The van der Waals surface area contributed by atoms with Crippen molar-refractivity contribution in [2.75, 3.05) is 26.6 Å². The van der Waals surface area contributed by atoms with Gasteiger partial charge in [0, 0.05) is 11.6 Å². The molecule has 1 amide bonds. The minimum absolute atomic E-state index is 0.0196. The first-order valence-corrected chi connectivity index (χ1v) is 12.3. The fourth-order valence-corrected chi connectivity index (χ4v) is 4.34. The van der Waals surface area contributed by atoms with Gasteiger partial charge < -0.3 is 24.4 Å². The van der Waals surface area contributed by atoms with Gasteiger partial charge in [-0.15, -0.1) is 0 Å². The minimum Gasteiger partial charge on any atom is -0.497 e. The van der Waals surface area contributed by atoms with Crippen LogP contribution in [0.25, 0.3) is 11.4 Å². The van der Waals surface area contributed by atoms with E-state index < -0.39 is 29.1 Å². The number of fused-ring (bicyclic) bond motifs is 1. The highest BCUT2D eigenvalue weighted by Gasteiger charge is 2.34. The summed E-state index contributed by atoms with van der Waals surface area (Å²) in [5.41, 5.74) is 1.03. The summed E-state index contributed by atoms with van der Waals surface area (Å²) in [6.45, 7) is 0.217. The van der Waals surface area contributed by atoms with Crippen LogP contribution in [0, 0.1) is 11.6 Å².